The number of nitrogens with zero attached hydrogens (tertiary/aromatic N) is 1. The highest BCUT2D eigenvalue weighted by molar-refractivity contribution is 6.22. The molecule has 1 aliphatic rings. The van der Waals surface area contributed by atoms with E-state index in [9.17, 15) is 0 Å². The number of benzene rings is 7. The molecular formula is C39H25N. The molecule has 7 aromatic carbocycles. The van der Waals surface area contributed by atoms with Gasteiger partial charge in [-0.3, -0.25) is 0 Å². The van der Waals surface area contributed by atoms with E-state index in [0.717, 1.165) is 6.42 Å². The van der Waals surface area contributed by atoms with E-state index in [1.807, 2.05) is 0 Å². The molecule has 0 saturated carbocycles. The van der Waals surface area contributed by atoms with Gasteiger partial charge in [0.2, 0.25) is 0 Å². The molecule has 0 bridgehead atoms. The lowest BCUT2D eigenvalue weighted by atomic mass is 9.94. The Morgan fingerprint density at radius 1 is 0.450 bits per heavy atom. The number of aromatic nitrogens is 1. The topological polar surface area (TPSA) is 4.93 Å². The van der Waals surface area contributed by atoms with Crippen LogP contribution in [0.1, 0.15) is 11.1 Å². The van der Waals surface area contributed by atoms with Crippen molar-refractivity contribution < 1.29 is 0 Å². The van der Waals surface area contributed by atoms with Crippen molar-refractivity contribution in [3.63, 3.8) is 0 Å². The SMILES string of the molecule is c1ccc(-n2c3ccc(-c4ccc5c(c4)-c4c(ccc6ccccc46)C5)cc3c3c4ccccc4ccc32)cc1. The predicted molar refractivity (Wildman–Crippen MR) is 169 cm³/mol. The quantitative estimate of drug-likeness (QED) is 0.219. The molecule has 1 aromatic heterocycles. The van der Waals surface area contributed by atoms with Crippen molar-refractivity contribution in [3.8, 4) is 27.9 Å². The van der Waals surface area contributed by atoms with Gasteiger partial charge >= 0.3 is 0 Å². The summed E-state index contributed by atoms with van der Waals surface area (Å²) in [4.78, 5) is 0. The maximum atomic E-state index is 2.42. The summed E-state index contributed by atoms with van der Waals surface area (Å²) in [6.45, 7) is 0. The molecule has 0 amide bonds. The van der Waals surface area contributed by atoms with Crippen LogP contribution in [0.15, 0.2) is 140 Å². The van der Waals surface area contributed by atoms with Gasteiger partial charge in [-0.2, -0.15) is 0 Å². The Kier molecular flexibility index (Phi) is 4.45. The van der Waals surface area contributed by atoms with Crippen LogP contribution in [0, 0.1) is 0 Å². The fourth-order valence-electron chi connectivity index (χ4n) is 6.96. The minimum Gasteiger partial charge on any atom is -0.309 e. The molecular weight excluding hydrogens is 482 g/mol. The van der Waals surface area contributed by atoms with Crippen LogP contribution in [0.4, 0.5) is 0 Å². The van der Waals surface area contributed by atoms with E-state index in [1.54, 1.807) is 0 Å². The number of hydrogen-bond donors (Lipinski definition) is 0. The monoisotopic (exact) mass is 507 g/mol. The van der Waals surface area contributed by atoms with Gasteiger partial charge in [-0.15, -0.1) is 0 Å². The van der Waals surface area contributed by atoms with Gasteiger partial charge in [-0.25, -0.2) is 0 Å². The first-order valence-corrected chi connectivity index (χ1v) is 14.0. The van der Waals surface area contributed by atoms with Crippen LogP contribution in [-0.4, -0.2) is 4.57 Å². The molecule has 1 aliphatic carbocycles. The summed E-state index contributed by atoms with van der Waals surface area (Å²) in [6.07, 6.45) is 1.01. The average molecular weight is 508 g/mol. The lowest BCUT2D eigenvalue weighted by Crippen LogP contribution is -1.93. The van der Waals surface area contributed by atoms with Crippen LogP contribution < -0.4 is 0 Å². The van der Waals surface area contributed by atoms with Crippen LogP contribution >= 0.6 is 0 Å². The fourth-order valence-corrected chi connectivity index (χ4v) is 6.96. The maximum Gasteiger partial charge on any atom is 0.0547 e. The second-order valence-corrected chi connectivity index (χ2v) is 11.0. The van der Waals surface area contributed by atoms with Crippen molar-refractivity contribution in [1.29, 1.82) is 0 Å². The van der Waals surface area contributed by atoms with Crippen molar-refractivity contribution in [2.24, 2.45) is 0 Å². The standard InChI is InChI=1S/C39H25N/c1-2-10-31(11-3-1)40-36-20-19-28(24-35(36)39-33-13-7-5-9-26(33)18-21-37(39)40)27-15-16-29-22-30-17-14-25-8-4-6-12-32(25)38(30)34(29)23-27/h1-21,23-24H,22H2. The second-order valence-electron chi connectivity index (χ2n) is 11.0. The third-order valence-electron chi connectivity index (χ3n) is 8.78. The van der Waals surface area contributed by atoms with Crippen molar-refractivity contribution >= 4 is 43.4 Å². The number of hydrogen-bond acceptors (Lipinski definition) is 0. The molecule has 0 unspecified atom stereocenters. The number of fused-ring (bicyclic) bond motifs is 10. The van der Waals surface area contributed by atoms with E-state index in [-0.39, 0.29) is 0 Å². The van der Waals surface area contributed by atoms with Gasteiger partial charge in [0.15, 0.2) is 0 Å². The molecule has 0 spiro atoms. The lowest BCUT2D eigenvalue weighted by molar-refractivity contribution is 1.18. The highest BCUT2D eigenvalue weighted by atomic mass is 15.0. The van der Waals surface area contributed by atoms with Gasteiger partial charge in [0.1, 0.15) is 0 Å². The zero-order chi connectivity index (χ0) is 26.2. The summed E-state index contributed by atoms with van der Waals surface area (Å²) in [7, 11) is 0. The first-order chi connectivity index (χ1) is 19.8. The number of para-hydroxylation sites is 1. The molecule has 1 heteroatoms. The Morgan fingerprint density at radius 2 is 1.10 bits per heavy atom. The summed E-state index contributed by atoms with van der Waals surface area (Å²) in [5, 5.41) is 7.83. The van der Waals surface area contributed by atoms with Crippen LogP contribution in [-0.2, 0) is 6.42 Å². The lowest BCUT2D eigenvalue weighted by Gasteiger charge is -2.10. The first kappa shape index (κ1) is 21.8. The third kappa shape index (κ3) is 3.03. The van der Waals surface area contributed by atoms with Gasteiger partial charge < -0.3 is 4.57 Å². The Hall–Kier alpha value is -5.14. The van der Waals surface area contributed by atoms with E-state index < -0.39 is 0 Å². The first-order valence-electron chi connectivity index (χ1n) is 14.0. The maximum absolute atomic E-state index is 2.42. The van der Waals surface area contributed by atoms with E-state index >= 15 is 0 Å². The van der Waals surface area contributed by atoms with E-state index in [2.05, 4.69) is 144 Å². The summed E-state index contributed by atoms with van der Waals surface area (Å²) in [5.41, 5.74) is 11.8. The molecule has 0 radical (unpaired) electrons. The van der Waals surface area contributed by atoms with Gasteiger partial charge in [0.25, 0.3) is 0 Å². The normalized spacial score (nSPS) is 12.4. The van der Waals surface area contributed by atoms with Crippen molar-refractivity contribution in [2.75, 3.05) is 0 Å². The molecule has 0 aliphatic heterocycles. The molecule has 0 saturated heterocycles. The minimum absolute atomic E-state index is 1.01. The highest BCUT2D eigenvalue weighted by Gasteiger charge is 2.22. The molecule has 0 N–H and O–H groups in total. The molecule has 1 heterocycles. The van der Waals surface area contributed by atoms with E-state index in [0.29, 0.717) is 0 Å². The molecule has 9 rings (SSSR count). The van der Waals surface area contributed by atoms with Gasteiger partial charge in [0, 0.05) is 16.5 Å². The predicted octanol–water partition coefficient (Wildman–Crippen LogP) is 10.3. The fraction of sp³-hybridized carbons (Fsp3) is 0.0256. The van der Waals surface area contributed by atoms with Crippen LogP contribution in [0.5, 0.6) is 0 Å². The molecule has 1 nitrogen and oxygen atoms in total. The second kappa shape index (κ2) is 8.18. The zero-order valence-corrected chi connectivity index (χ0v) is 21.9. The Balaban J connectivity index is 1.31. The smallest absolute Gasteiger partial charge is 0.0547 e. The highest BCUT2D eigenvalue weighted by Crippen LogP contribution is 2.44. The molecule has 0 atom stereocenters. The summed E-state index contributed by atoms with van der Waals surface area (Å²) in [6, 6.07) is 51.4. The van der Waals surface area contributed by atoms with E-state index in [1.165, 1.54) is 82.4 Å². The van der Waals surface area contributed by atoms with Crippen LogP contribution in [0.3, 0.4) is 0 Å². The van der Waals surface area contributed by atoms with Gasteiger partial charge in [-0.1, -0.05) is 103 Å². The van der Waals surface area contributed by atoms with E-state index in [4.69, 9.17) is 0 Å². The molecule has 8 aromatic rings. The van der Waals surface area contributed by atoms with Crippen molar-refractivity contribution in [1.82, 2.24) is 4.57 Å². The number of rotatable bonds is 2. The molecule has 0 fully saturated rings. The Labute approximate surface area is 232 Å². The van der Waals surface area contributed by atoms with Crippen LogP contribution in [0.2, 0.25) is 0 Å². The van der Waals surface area contributed by atoms with Gasteiger partial charge in [0.05, 0.1) is 11.0 Å². The molecule has 40 heavy (non-hydrogen) atoms. The average Bonchev–Trinajstić information content (AvgIpc) is 3.57. The Morgan fingerprint density at radius 3 is 1.98 bits per heavy atom. The minimum atomic E-state index is 1.01. The van der Waals surface area contributed by atoms with Crippen molar-refractivity contribution in [3.05, 3.63) is 151 Å². The third-order valence-corrected chi connectivity index (χ3v) is 8.78. The zero-order valence-electron chi connectivity index (χ0n) is 21.9. The summed E-state index contributed by atoms with van der Waals surface area (Å²) < 4.78 is 2.41. The largest absolute Gasteiger partial charge is 0.309 e. The Bertz CT molecular complexity index is 2290. The summed E-state index contributed by atoms with van der Waals surface area (Å²) in [5.74, 6) is 0. The summed E-state index contributed by atoms with van der Waals surface area (Å²) >= 11 is 0. The van der Waals surface area contributed by atoms with Gasteiger partial charge in [-0.05, 0) is 97.7 Å². The van der Waals surface area contributed by atoms with Crippen molar-refractivity contribution in [2.45, 2.75) is 6.42 Å². The van der Waals surface area contributed by atoms with Crippen LogP contribution in [0.25, 0.3) is 71.3 Å². The molecule has 186 valence electrons.